The minimum atomic E-state index is -0.646. The van der Waals surface area contributed by atoms with Gasteiger partial charge in [-0.2, -0.15) is 5.26 Å². The van der Waals surface area contributed by atoms with E-state index in [1.165, 1.54) is 13.2 Å². The van der Waals surface area contributed by atoms with Crippen LogP contribution in [-0.4, -0.2) is 36.3 Å². The lowest BCUT2D eigenvalue weighted by Gasteiger charge is -2.08. The highest BCUT2D eigenvalue weighted by Gasteiger charge is 2.13. The first-order valence-electron chi connectivity index (χ1n) is 7.79. The Morgan fingerprint density at radius 1 is 1.33 bits per heavy atom. The van der Waals surface area contributed by atoms with Crippen LogP contribution < -0.4 is 15.6 Å². The highest BCUT2D eigenvalue weighted by Crippen LogP contribution is 2.21. The molecule has 0 atom stereocenters. The number of aryl methyl sites for hydroxylation is 1. The zero-order valence-electron chi connectivity index (χ0n) is 14.7. The molecule has 1 aromatic heterocycles. The fraction of sp³-hybridized carbons (Fsp3) is 0.222. The lowest BCUT2D eigenvalue weighted by Crippen LogP contribution is -2.21. The molecule has 0 fully saturated rings. The number of rotatable bonds is 7. The second-order valence-electron chi connectivity index (χ2n) is 5.36. The first-order valence-corrected chi connectivity index (χ1v) is 8.78. The van der Waals surface area contributed by atoms with E-state index in [1.54, 1.807) is 31.2 Å². The molecule has 8 nitrogen and oxygen atoms in total. The summed E-state index contributed by atoms with van der Waals surface area (Å²) in [5, 5.41) is 12.0. The Morgan fingerprint density at radius 2 is 2.11 bits per heavy atom. The van der Waals surface area contributed by atoms with Crippen molar-refractivity contribution in [1.82, 2.24) is 4.98 Å². The molecule has 2 N–H and O–H groups in total. The number of benzene rings is 1. The number of thioether (sulfide) groups is 1. The number of aromatic amines is 1. The van der Waals surface area contributed by atoms with Gasteiger partial charge in [0.15, 0.2) is 6.61 Å². The molecular formula is C18H17N3O5S. The SMILES string of the molecule is COc1cccc(NC(=O)COC(=O)CSc2[nH]c(=O)cc(C)c2C#N)c1. The van der Waals surface area contributed by atoms with Crippen LogP contribution in [0.2, 0.25) is 0 Å². The minimum Gasteiger partial charge on any atom is -0.497 e. The molecule has 2 aromatic rings. The zero-order valence-corrected chi connectivity index (χ0v) is 15.5. The standard InChI is InChI=1S/C18H17N3O5S/c1-11-6-15(22)21-18(14(11)8-19)27-10-17(24)26-9-16(23)20-12-4-3-5-13(7-12)25-2/h3-7H,9-10H2,1-2H3,(H,20,23)(H,21,22). The molecule has 9 heteroatoms. The average Bonchev–Trinajstić information content (AvgIpc) is 2.64. The van der Waals surface area contributed by atoms with E-state index in [0.717, 1.165) is 11.8 Å². The Morgan fingerprint density at radius 3 is 2.81 bits per heavy atom. The van der Waals surface area contributed by atoms with Gasteiger partial charge in [0, 0.05) is 17.8 Å². The molecule has 0 unspecified atom stereocenters. The van der Waals surface area contributed by atoms with E-state index >= 15 is 0 Å². The summed E-state index contributed by atoms with van der Waals surface area (Å²) in [6, 6.07) is 10.1. The van der Waals surface area contributed by atoms with Crippen molar-refractivity contribution in [1.29, 1.82) is 5.26 Å². The third kappa shape index (κ3) is 5.90. The topological polar surface area (TPSA) is 121 Å². The summed E-state index contributed by atoms with van der Waals surface area (Å²) >= 11 is 0.968. The van der Waals surface area contributed by atoms with Gasteiger partial charge in [-0.3, -0.25) is 14.4 Å². The highest BCUT2D eigenvalue weighted by atomic mass is 32.2. The van der Waals surface area contributed by atoms with Crippen LogP contribution in [0.3, 0.4) is 0 Å². The maximum Gasteiger partial charge on any atom is 0.316 e. The summed E-state index contributed by atoms with van der Waals surface area (Å²) in [6.07, 6.45) is 0. The molecule has 0 radical (unpaired) electrons. The van der Waals surface area contributed by atoms with Crippen molar-refractivity contribution in [2.75, 3.05) is 24.8 Å². The number of nitrogens with one attached hydrogen (secondary N) is 2. The quantitative estimate of drug-likeness (QED) is 0.549. The van der Waals surface area contributed by atoms with Crippen LogP contribution in [0, 0.1) is 18.3 Å². The maximum absolute atomic E-state index is 11.9. The first-order chi connectivity index (χ1) is 12.9. The molecule has 2 rings (SSSR count). The number of nitrogens with zero attached hydrogens (tertiary/aromatic N) is 1. The number of anilines is 1. The van der Waals surface area contributed by atoms with Crippen molar-refractivity contribution >= 4 is 29.3 Å². The van der Waals surface area contributed by atoms with Gasteiger partial charge in [-0.25, -0.2) is 0 Å². The van der Waals surface area contributed by atoms with E-state index in [-0.39, 0.29) is 11.3 Å². The van der Waals surface area contributed by atoms with Crippen LogP contribution in [0.15, 0.2) is 40.2 Å². The van der Waals surface area contributed by atoms with Gasteiger partial charge in [-0.15, -0.1) is 0 Å². The Balaban J connectivity index is 1.85. The predicted molar refractivity (Wildman–Crippen MR) is 99.8 cm³/mol. The smallest absolute Gasteiger partial charge is 0.316 e. The van der Waals surface area contributed by atoms with Gasteiger partial charge < -0.3 is 19.8 Å². The number of methoxy groups -OCH3 is 1. The van der Waals surface area contributed by atoms with Gasteiger partial charge in [0.2, 0.25) is 5.56 Å². The van der Waals surface area contributed by atoms with Crippen LogP contribution >= 0.6 is 11.8 Å². The average molecular weight is 387 g/mol. The summed E-state index contributed by atoms with van der Waals surface area (Å²) in [5.74, 6) is -0.711. The fourth-order valence-corrected chi connectivity index (χ4v) is 2.99. The Bertz CT molecular complexity index is 949. The van der Waals surface area contributed by atoms with Gasteiger partial charge in [0.05, 0.1) is 23.5 Å². The van der Waals surface area contributed by atoms with E-state index in [0.29, 0.717) is 27.6 Å². The van der Waals surface area contributed by atoms with Gasteiger partial charge in [-0.05, 0) is 24.6 Å². The second-order valence-corrected chi connectivity index (χ2v) is 6.35. The van der Waals surface area contributed by atoms with Crippen molar-refractivity contribution in [3.63, 3.8) is 0 Å². The van der Waals surface area contributed by atoms with Gasteiger partial charge >= 0.3 is 5.97 Å². The number of H-pyrrole nitrogens is 1. The van der Waals surface area contributed by atoms with Gasteiger partial charge in [0.1, 0.15) is 11.8 Å². The normalized spacial score (nSPS) is 9.96. The van der Waals surface area contributed by atoms with Crippen molar-refractivity contribution in [2.24, 2.45) is 0 Å². The van der Waals surface area contributed by atoms with Crippen molar-refractivity contribution in [3.8, 4) is 11.8 Å². The number of hydrogen-bond acceptors (Lipinski definition) is 7. The molecule has 0 spiro atoms. The van der Waals surface area contributed by atoms with Crippen molar-refractivity contribution < 1.29 is 19.1 Å². The zero-order chi connectivity index (χ0) is 19.8. The molecule has 0 bridgehead atoms. The predicted octanol–water partition coefficient (Wildman–Crippen LogP) is 1.84. The monoisotopic (exact) mass is 387 g/mol. The summed E-state index contributed by atoms with van der Waals surface area (Å²) in [5.41, 5.74) is 0.971. The number of ether oxygens (including phenoxy) is 2. The number of aromatic nitrogens is 1. The van der Waals surface area contributed by atoms with Crippen LogP contribution in [0.25, 0.3) is 0 Å². The molecule has 1 heterocycles. The molecule has 0 aliphatic rings. The number of hydrogen-bond donors (Lipinski definition) is 2. The molecular weight excluding hydrogens is 370 g/mol. The summed E-state index contributed by atoms with van der Waals surface area (Å²) in [4.78, 5) is 37.7. The third-order valence-electron chi connectivity index (χ3n) is 3.37. The summed E-state index contributed by atoms with van der Waals surface area (Å²) in [6.45, 7) is 1.19. The molecule has 0 aliphatic carbocycles. The van der Waals surface area contributed by atoms with Crippen LogP contribution in [0.1, 0.15) is 11.1 Å². The molecule has 0 saturated heterocycles. The fourth-order valence-electron chi connectivity index (χ4n) is 2.12. The van der Waals surface area contributed by atoms with E-state index in [1.807, 2.05) is 6.07 Å². The van der Waals surface area contributed by atoms with E-state index in [4.69, 9.17) is 14.7 Å². The molecule has 0 saturated carbocycles. The van der Waals surface area contributed by atoms with Crippen molar-refractivity contribution in [3.05, 3.63) is 51.8 Å². The Kier molecular flexibility index (Phi) is 7.02. The van der Waals surface area contributed by atoms with Gasteiger partial charge in [0.25, 0.3) is 5.91 Å². The highest BCUT2D eigenvalue weighted by molar-refractivity contribution is 7.99. The van der Waals surface area contributed by atoms with Crippen LogP contribution in [0.4, 0.5) is 5.69 Å². The second kappa shape index (κ2) is 9.45. The number of amides is 1. The van der Waals surface area contributed by atoms with E-state index in [9.17, 15) is 14.4 Å². The van der Waals surface area contributed by atoms with Crippen molar-refractivity contribution in [2.45, 2.75) is 11.9 Å². The lowest BCUT2D eigenvalue weighted by molar-refractivity contribution is -0.144. The first kappa shape index (κ1) is 20.1. The molecule has 1 aromatic carbocycles. The minimum absolute atomic E-state index is 0.152. The van der Waals surface area contributed by atoms with Gasteiger partial charge in [-0.1, -0.05) is 17.8 Å². The number of carbonyl (C=O) groups is 2. The number of pyridine rings is 1. The Labute approximate surface area is 159 Å². The molecule has 1 amide bonds. The molecule has 0 aliphatic heterocycles. The summed E-state index contributed by atoms with van der Waals surface area (Å²) in [7, 11) is 1.51. The van der Waals surface area contributed by atoms with Crippen LogP contribution in [0.5, 0.6) is 5.75 Å². The van der Waals surface area contributed by atoms with E-state index in [2.05, 4.69) is 10.3 Å². The third-order valence-corrected chi connectivity index (χ3v) is 4.34. The lowest BCUT2D eigenvalue weighted by atomic mass is 10.2. The number of esters is 1. The number of nitriles is 1. The van der Waals surface area contributed by atoms with Crippen LogP contribution in [-0.2, 0) is 14.3 Å². The number of carbonyl (C=O) groups excluding carboxylic acids is 2. The molecule has 27 heavy (non-hydrogen) atoms. The largest absolute Gasteiger partial charge is 0.497 e. The summed E-state index contributed by atoms with van der Waals surface area (Å²) < 4.78 is 9.97. The Hall–Kier alpha value is -3.25. The molecule has 140 valence electrons. The maximum atomic E-state index is 11.9. The van der Waals surface area contributed by atoms with E-state index < -0.39 is 18.5 Å².